The van der Waals surface area contributed by atoms with E-state index in [0.29, 0.717) is 23.3 Å². The van der Waals surface area contributed by atoms with Crippen LogP contribution in [-0.4, -0.2) is 71.3 Å². The molecule has 10 nitrogen and oxygen atoms in total. The summed E-state index contributed by atoms with van der Waals surface area (Å²) in [5, 5.41) is 32.2. The fourth-order valence-electron chi connectivity index (χ4n) is 5.93. The van der Waals surface area contributed by atoms with Crippen LogP contribution in [0.25, 0.3) is 11.2 Å². The van der Waals surface area contributed by atoms with Gasteiger partial charge < -0.3 is 24.8 Å². The highest BCUT2D eigenvalue weighted by Gasteiger charge is 2.56. The molecule has 1 unspecified atom stereocenters. The Bertz CT molecular complexity index is 1660. The second kappa shape index (κ2) is 11.4. The van der Waals surface area contributed by atoms with E-state index >= 15 is 0 Å². The number of aryl methyl sites for hydroxylation is 1. The zero-order chi connectivity index (χ0) is 29.4. The number of carboxylic acid groups (broad SMARTS) is 1. The molecule has 1 fully saturated rings. The monoisotopic (exact) mass is 588 g/mol. The van der Waals surface area contributed by atoms with Crippen molar-refractivity contribution in [1.29, 1.82) is 0 Å². The molecule has 11 heteroatoms. The molecular weight excluding hydrogens is 560 g/mol. The van der Waals surface area contributed by atoms with Crippen molar-refractivity contribution in [3.05, 3.63) is 88.6 Å². The fraction of sp³-hybridized carbons (Fsp3) is 0.355. The average Bonchev–Trinajstić information content (AvgIpc) is 3.66. The van der Waals surface area contributed by atoms with Gasteiger partial charge in [-0.1, -0.05) is 60.5 Å². The molecule has 1 aliphatic carbocycles. The summed E-state index contributed by atoms with van der Waals surface area (Å²) < 4.78 is 13.2. The first kappa shape index (κ1) is 28.3. The van der Waals surface area contributed by atoms with Crippen molar-refractivity contribution in [2.24, 2.45) is 0 Å². The summed E-state index contributed by atoms with van der Waals surface area (Å²) in [5.74, 6) is 1.30. The van der Waals surface area contributed by atoms with E-state index in [1.165, 1.54) is 22.0 Å². The number of terminal acetylenes is 1. The van der Waals surface area contributed by atoms with Crippen molar-refractivity contribution in [2.45, 2.75) is 61.7 Å². The van der Waals surface area contributed by atoms with Crippen LogP contribution in [0.5, 0.6) is 0 Å². The quantitative estimate of drug-likeness (QED) is 0.199. The molecule has 216 valence electrons. The summed E-state index contributed by atoms with van der Waals surface area (Å²) in [4.78, 5) is 25.3. The number of nitrogens with zero attached hydrogens (tertiary/aromatic N) is 4. The molecule has 2 aromatic carbocycles. The van der Waals surface area contributed by atoms with Crippen LogP contribution >= 0.6 is 11.6 Å². The normalized spacial score (nSPS) is 25.8. The Balaban J connectivity index is 1.25. The van der Waals surface area contributed by atoms with Gasteiger partial charge in [0.25, 0.3) is 0 Å². The van der Waals surface area contributed by atoms with Crippen molar-refractivity contribution in [3.63, 3.8) is 0 Å². The van der Waals surface area contributed by atoms with Gasteiger partial charge in [0, 0.05) is 6.42 Å². The largest absolute Gasteiger partial charge is 0.479 e. The Kier molecular flexibility index (Phi) is 7.70. The summed E-state index contributed by atoms with van der Waals surface area (Å²) in [7, 11) is 0. The molecule has 6 rings (SSSR count). The van der Waals surface area contributed by atoms with Gasteiger partial charge >= 0.3 is 5.97 Å². The lowest BCUT2D eigenvalue weighted by Crippen LogP contribution is -2.48. The number of aromatic nitrogens is 4. The molecule has 6 atom stereocenters. The topological polar surface area (TPSA) is 140 Å². The first-order valence-electron chi connectivity index (χ1n) is 13.7. The molecule has 0 amide bonds. The van der Waals surface area contributed by atoms with Gasteiger partial charge in [-0.3, -0.25) is 4.57 Å². The van der Waals surface area contributed by atoms with Crippen LogP contribution in [0.15, 0.2) is 60.9 Å². The number of benzene rings is 2. The Labute approximate surface area is 246 Å². The van der Waals surface area contributed by atoms with E-state index in [1.807, 2.05) is 18.2 Å². The van der Waals surface area contributed by atoms with Gasteiger partial charge in [-0.15, -0.1) is 6.42 Å². The third kappa shape index (κ3) is 5.15. The maximum atomic E-state index is 11.9. The number of ether oxygens (including phenoxy) is 2. The molecule has 0 saturated carbocycles. The number of halogens is 1. The number of carboxylic acids is 1. The summed E-state index contributed by atoms with van der Waals surface area (Å²) >= 11 is 6.35. The lowest BCUT2D eigenvalue weighted by atomic mass is 9.93. The standard InChI is InChI=1S/C31H29ClN4O6/c1-2-31(40)24(16-41-23(29(38)39)14-18-8-4-3-5-9-18)42-28(26(31)37)36-17-33-25-22(34-30(32)35-27(25)36)15-20-13-12-19-10-6-7-11-21(19)20/h1,3-11,17,20,23-24,26,28,37,40H,12-16H2,(H,38,39)/t20-,23?,24-,26+,28-,31-/m1/s1. The number of aliphatic hydroxyl groups excluding tert-OH is 1. The maximum absolute atomic E-state index is 11.9. The predicted molar refractivity (Wildman–Crippen MR) is 153 cm³/mol. The first-order chi connectivity index (χ1) is 20.3. The van der Waals surface area contributed by atoms with Crippen molar-refractivity contribution >= 4 is 28.7 Å². The predicted octanol–water partition coefficient (Wildman–Crippen LogP) is 3.09. The third-order valence-corrected chi connectivity index (χ3v) is 8.34. The average molecular weight is 589 g/mol. The number of imidazole rings is 1. The minimum atomic E-state index is -2.18. The van der Waals surface area contributed by atoms with Gasteiger partial charge in [0.05, 0.1) is 18.6 Å². The van der Waals surface area contributed by atoms with Gasteiger partial charge in [0.2, 0.25) is 5.28 Å². The molecule has 1 saturated heterocycles. The molecule has 3 N–H and O–H groups in total. The Hall–Kier alpha value is -3.85. The molecular formula is C31H29ClN4O6. The van der Waals surface area contributed by atoms with Gasteiger partial charge in [-0.25, -0.2) is 14.8 Å². The van der Waals surface area contributed by atoms with Crippen LogP contribution in [0.1, 0.15) is 41.0 Å². The van der Waals surface area contributed by atoms with Crippen molar-refractivity contribution in [1.82, 2.24) is 19.5 Å². The SMILES string of the molecule is C#C[C@@]1(O)[C@@H](COC(Cc2ccccc2)C(=O)O)O[C@@H](n2cnc3c(C[C@H]4CCc5ccccc54)nc(Cl)nc32)[C@@H]1O. The molecule has 2 aliphatic rings. The molecule has 42 heavy (non-hydrogen) atoms. The van der Waals surface area contributed by atoms with Crippen LogP contribution in [0.3, 0.4) is 0 Å². The molecule has 0 radical (unpaired) electrons. The number of aliphatic hydroxyl groups is 2. The van der Waals surface area contributed by atoms with Gasteiger partial charge in [-0.2, -0.15) is 4.98 Å². The smallest absolute Gasteiger partial charge is 0.333 e. The van der Waals surface area contributed by atoms with E-state index in [9.17, 15) is 20.1 Å². The van der Waals surface area contributed by atoms with E-state index in [2.05, 4.69) is 33.0 Å². The highest BCUT2D eigenvalue weighted by Crippen LogP contribution is 2.40. The minimum absolute atomic E-state index is 0.00956. The lowest BCUT2D eigenvalue weighted by molar-refractivity contribution is -0.156. The number of fused-ring (bicyclic) bond motifs is 2. The number of aliphatic carboxylic acids is 1. The fourth-order valence-corrected chi connectivity index (χ4v) is 6.11. The third-order valence-electron chi connectivity index (χ3n) is 8.17. The zero-order valence-electron chi connectivity index (χ0n) is 22.5. The van der Waals surface area contributed by atoms with E-state index in [-0.39, 0.29) is 24.2 Å². The summed E-state index contributed by atoms with van der Waals surface area (Å²) in [6.07, 6.45) is 4.48. The highest BCUT2D eigenvalue weighted by molar-refractivity contribution is 6.28. The number of carbonyl (C=O) groups is 1. The van der Waals surface area contributed by atoms with E-state index in [4.69, 9.17) is 27.5 Å². The summed E-state index contributed by atoms with van der Waals surface area (Å²) in [5.41, 5.74) is 2.66. The minimum Gasteiger partial charge on any atom is -0.479 e. The number of rotatable bonds is 9. The lowest BCUT2D eigenvalue weighted by Gasteiger charge is -2.26. The van der Waals surface area contributed by atoms with Gasteiger partial charge in [0.1, 0.15) is 17.7 Å². The Morgan fingerprint density at radius 1 is 1.21 bits per heavy atom. The summed E-state index contributed by atoms with van der Waals surface area (Å²) in [6.45, 7) is -0.382. The van der Waals surface area contributed by atoms with Crippen LogP contribution in [0.2, 0.25) is 5.28 Å². The first-order valence-corrected chi connectivity index (χ1v) is 14.0. The number of hydrogen-bond donors (Lipinski definition) is 3. The Morgan fingerprint density at radius 2 is 1.98 bits per heavy atom. The van der Waals surface area contributed by atoms with Crippen LogP contribution in [0.4, 0.5) is 0 Å². The number of hydrogen-bond acceptors (Lipinski definition) is 8. The van der Waals surface area contributed by atoms with Crippen molar-refractivity contribution < 1.29 is 29.6 Å². The van der Waals surface area contributed by atoms with Crippen molar-refractivity contribution in [3.8, 4) is 12.3 Å². The molecule has 3 heterocycles. The van der Waals surface area contributed by atoms with E-state index in [1.54, 1.807) is 24.3 Å². The van der Waals surface area contributed by atoms with Gasteiger partial charge in [-0.05, 0) is 53.5 Å². The second-order valence-electron chi connectivity index (χ2n) is 10.7. The maximum Gasteiger partial charge on any atom is 0.333 e. The van der Waals surface area contributed by atoms with E-state index < -0.39 is 36.1 Å². The van der Waals surface area contributed by atoms with Crippen LogP contribution in [0, 0.1) is 12.3 Å². The summed E-state index contributed by atoms with van der Waals surface area (Å²) in [6, 6.07) is 17.3. The second-order valence-corrected chi connectivity index (χ2v) is 11.0. The molecule has 1 aliphatic heterocycles. The Morgan fingerprint density at radius 3 is 2.74 bits per heavy atom. The molecule has 0 bridgehead atoms. The molecule has 4 aromatic rings. The van der Waals surface area contributed by atoms with Crippen LogP contribution < -0.4 is 0 Å². The van der Waals surface area contributed by atoms with Crippen molar-refractivity contribution in [2.75, 3.05) is 6.61 Å². The highest BCUT2D eigenvalue weighted by atomic mass is 35.5. The molecule has 2 aromatic heterocycles. The van der Waals surface area contributed by atoms with Crippen LogP contribution in [-0.2, 0) is 33.5 Å². The van der Waals surface area contributed by atoms with E-state index in [0.717, 1.165) is 18.4 Å². The zero-order valence-corrected chi connectivity index (χ0v) is 23.3. The van der Waals surface area contributed by atoms with Gasteiger partial charge in [0.15, 0.2) is 23.6 Å². The molecule has 0 spiro atoms.